The SMILES string of the molecule is COC(=O)c1ccc(C[C@@H](C(=O)O)N2C(=O)c3ccccc3C2=O)cc1. The van der Waals surface area contributed by atoms with Crippen molar-refractivity contribution < 1.29 is 29.0 Å². The summed E-state index contributed by atoms with van der Waals surface area (Å²) in [6, 6.07) is 11.0. The van der Waals surface area contributed by atoms with Crippen LogP contribution in [0.5, 0.6) is 0 Å². The van der Waals surface area contributed by atoms with Crippen molar-refractivity contribution in [3.63, 3.8) is 0 Å². The Morgan fingerprint density at radius 3 is 2.00 bits per heavy atom. The molecule has 1 atom stereocenters. The van der Waals surface area contributed by atoms with Crippen LogP contribution in [-0.2, 0) is 16.0 Å². The van der Waals surface area contributed by atoms with E-state index in [9.17, 15) is 24.3 Å². The van der Waals surface area contributed by atoms with Crippen LogP contribution >= 0.6 is 0 Å². The van der Waals surface area contributed by atoms with E-state index >= 15 is 0 Å². The fraction of sp³-hybridized carbons (Fsp3) is 0.158. The minimum Gasteiger partial charge on any atom is -0.480 e. The Bertz CT molecular complexity index is 868. The van der Waals surface area contributed by atoms with Crippen LogP contribution in [0.2, 0.25) is 0 Å². The van der Waals surface area contributed by atoms with Crippen molar-refractivity contribution in [3.8, 4) is 0 Å². The zero-order chi connectivity index (χ0) is 18.8. The lowest BCUT2D eigenvalue weighted by molar-refractivity contribution is -0.141. The number of aliphatic carboxylic acids is 1. The lowest BCUT2D eigenvalue weighted by Crippen LogP contribution is -2.46. The van der Waals surface area contributed by atoms with E-state index in [1.54, 1.807) is 24.3 Å². The summed E-state index contributed by atoms with van der Waals surface area (Å²) in [5.41, 5.74) is 1.29. The summed E-state index contributed by atoms with van der Waals surface area (Å²) in [5, 5.41) is 9.57. The number of nitrogens with zero attached hydrogens (tertiary/aromatic N) is 1. The number of benzene rings is 2. The molecule has 2 aromatic rings. The minimum atomic E-state index is -1.34. The third kappa shape index (κ3) is 2.95. The molecular formula is C19H15NO6. The molecular weight excluding hydrogens is 338 g/mol. The normalized spacial score (nSPS) is 14.1. The van der Waals surface area contributed by atoms with Crippen molar-refractivity contribution in [2.75, 3.05) is 7.11 Å². The molecule has 2 amide bonds. The van der Waals surface area contributed by atoms with Crippen LogP contribution in [0.4, 0.5) is 0 Å². The minimum absolute atomic E-state index is 0.0672. The molecule has 1 heterocycles. The highest BCUT2D eigenvalue weighted by Crippen LogP contribution is 2.26. The van der Waals surface area contributed by atoms with Crippen molar-refractivity contribution in [2.45, 2.75) is 12.5 Å². The van der Waals surface area contributed by atoms with E-state index in [-0.39, 0.29) is 17.5 Å². The van der Waals surface area contributed by atoms with E-state index in [1.807, 2.05) is 0 Å². The molecule has 3 rings (SSSR count). The van der Waals surface area contributed by atoms with E-state index in [1.165, 1.54) is 31.4 Å². The van der Waals surface area contributed by atoms with Crippen molar-refractivity contribution >= 4 is 23.8 Å². The molecule has 1 aliphatic rings. The first-order valence-electron chi connectivity index (χ1n) is 7.81. The Balaban J connectivity index is 1.87. The van der Waals surface area contributed by atoms with Gasteiger partial charge in [0.2, 0.25) is 0 Å². The number of amides is 2. The number of carboxylic acid groups (broad SMARTS) is 1. The molecule has 7 nitrogen and oxygen atoms in total. The zero-order valence-corrected chi connectivity index (χ0v) is 13.8. The molecule has 7 heteroatoms. The van der Waals surface area contributed by atoms with Gasteiger partial charge in [-0.3, -0.25) is 14.5 Å². The summed E-state index contributed by atoms with van der Waals surface area (Å²) in [6.07, 6.45) is -0.0672. The van der Waals surface area contributed by atoms with Crippen LogP contribution in [0.3, 0.4) is 0 Å². The maximum Gasteiger partial charge on any atom is 0.337 e. The molecule has 0 saturated heterocycles. The molecule has 2 aromatic carbocycles. The van der Waals surface area contributed by atoms with Crippen molar-refractivity contribution in [3.05, 3.63) is 70.8 Å². The van der Waals surface area contributed by atoms with Crippen LogP contribution in [0.1, 0.15) is 36.6 Å². The molecule has 1 aliphatic heterocycles. The lowest BCUT2D eigenvalue weighted by atomic mass is 10.0. The molecule has 1 N–H and O–H groups in total. The van der Waals surface area contributed by atoms with Gasteiger partial charge >= 0.3 is 11.9 Å². The quantitative estimate of drug-likeness (QED) is 0.649. The van der Waals surface area contributed by atoms with Gasteiger partial charge in [-0.1, -0.05) is 24.3 Å². The second-order valence-electron chi connectivity index (χ2n) is 5.77. The molecule has 0 fully saturated rings. The van der Waals surface area contributed by atoms with E-state index in [4.69, 9.17) is 0 Å². The van der Waals surface area contributed by atoms with Gasteiger partial charge in [-0.05, 0) is 29.8 Å². The van der Waals surface area contributed by atoms with Gasteiger partial charge < -0.3 is 9.84 Å². The van der Waals surface area contributed by atoms with Gasteiger partial charge in [-0.25, -0.2) is 9.59 Å². The Morgan fingerprint density at radius 2 is 1.54 bits per heavy atom. The fourth-order valence-corrected chi connectivity index (χ4v) is 2.90. The molecule has 0 aliphatic carbocycles. The average Bonchev–Trinajstić information content (AvgIpc) is 2.90. The third-order valence-electron chi connectivity index (χ3n) is 4.23. The standard InChI is InChI=1S/C19H15NO6/c1-26-19(25)12-8-6-11(7-9-12)10-15(18(23)24)20-16(21)13-4-2-3-5-14(13)17(20)22/h2-9,15H,10H2,1H3,(H,23,24)/t15-/m0/s1. The number of hydrogen-bond donors (Lipinski definition) is 1. The first kappa shape index (κ1) is 17.3. The topological polar surface area (TPSA) is 101 Å². The van der Waals surface area contributed by atoms with Crippen LogP contribution < -0.4 is 0 Å². The second kappa shape index (κ2) is 6.79. The molecule has 0 aromatic heterocycles. The molecule has 0 unspecified atom stereocenters. The number of fused-ring (bicyclic) bond motifs is 1. The van der Waals surface area contributed by atoms with Crippen LogP contribution in [0.15, 0.2) is 48.5 Å². The van der Waals surface area contributed by atoms with E-state index in [0.717, 1.165) is 4.90 Å². The summed E-state index contributed by atoms with van der Waals surface area (Å²) in [6.45, 7) is 0. The Labute approximate surface area is 148 Å². The van der Waals surface area contributed by atoms with Crippen molar-refractivity contribution in [1.29, 1.82) is 0 Å². The van der Waals surface area contributed by atoms with Gasteiger partial charge in [0.15, 0.2) is 0 Å². The van der Waals surface area contributed by atoms with Crippen molar-refractivity contribution in [1.82, 2.24) is 4.90 Å². The zero-order valence-electron chi connectivity index (χ0n) is 13.8. The van der Waals surface area contributed by atoms with Crippen LogP contribution in [-0.4, -0.2) is 46.9 Å². The molecule has 0 bridgehead atoms. The van der Waals surface area contributed by atoms with E-state index < -0.39 is 29.8 Å². The molecule has 0 radical (unpaired) electrons. The highest BCUT2D eigenvalue weighted by molar-refractivity contribution is 6.22. The number of carbonyl (C=O) groups excluding carboxylic acids is 3. The smallest absolute Gasteiger partial charge is 0.337 e. The summed E-state index contributed by atoms with van der Waals surface area (Å²) >= 11 is 0. The number of carbonyl (C=O) groups is 4. The summed E-state index contributed by atoms with van der Waals surface area (Å²) in [4.78, 5) is 49.0. The highest BCUT2D eigenvalue weighted by Gasteiger charge is 2.42. The first-order valence-corrected chi connectivity index (χ1v) is 7.81. The highest BCUT2D eigenvalue weighted by atomic mass is 16.5. The lowest BCUT2D eigenvalue weighted by Gasteiger charge is -2.22. The van der Waals surface area contributed by atoms with E-state index in [2.05, 4.69) is 4.74 Å². The number of methoxy groups -OCH3 is 1. The van der Waals surface area contributed by atoms with Gasteiger partial charge in [0.25, 0.3) is 11.8 Å². The molecule has 26 heavy (non-hydrogen) atoms. The summed E-state index contributed by atoms with van der Waals surface area (Å²) in [7, 11) is 1.26. The van der Waals surface area contributed by atoms with Crippen molar-refractivity contribution in [2.24, 2.45) is 0 Å². The molecule has 0 saturated carbocycles. The van der Waals surface area contributed by atoms with Gasteiger partial charge in [0.1, 0.15) is 6.04 Å². The number of hydrogen-bond acceptors (Lipinski definition) is 5. The Kier molecular flexibility index (Phi) is 4.53. The molecule has 0 spiro atoms. The van der Waals surface area contributed by atoms with Gasteiger partial charge in [0, 0.05) is 6.42 Å². The fourth-order valence-electron chi connectivity index (χ4n) is 2.90. The Morgan fingerprint density at radius 1 is 1.00 bits per heavy atom. The van der Waals surface area contributed by atoms with E-state index in [0.29, 0.717) is 11.1 Å². The predicted octanol–water partition coefficient (Wildman–Crippen LogP) is 1.77. The summed E-state index contributed by atoms with van der Waals surface area (Å²) < 4.78 is 4.61. The first-order chi connectivity index (χ1) is 12.4. The third-order valence-corrected chi connectivity index (χ3v) is 4.23. The second-order valence-corrected chi connectivity index (χ2v) is 5.77. The summed E-state index contributed by atoms with van der Waals surface area (Å²) in [5.74, 6) is -3.03. The monoisotopic (exact) mass is 353 g/mol. The number of ether oxygens (including phenoxy) is 1. The number of rotatable bonds is 5. The van der Waals surface area contributed by atoms with Crippen LogP contribution in [0.25, 0.3) is 0 Å². The largest absolute Gasteiger partial charge is 0.480 e. The van der Waals surface area contributed by atoms with Gasteiger partial charge in [-0.2, -0.15) is 0 Å². The number of carboxylic acids is 1. The average molecular weight is 353 g/mol. The van der Waals surface area contributed by atoms with Gasteiger partial charge in [-0.15, -0.1) is 0 Å². The maximum absolute atomic E-state index is 12.5. The van der Waals surface area contributed by atoms with Gasteiger partial charge in [0.05, 0.1) is 23.8 Å². The maximum atomic E-state index is 12.5. The number of esters is 1. The van der Waals surface area contributed by atoms with Crippen LogP contribution in [0, 0.1) is 0 Å². The number of imide groups is 1. The predicted molar refractivity (Wildman–Crippen MR) is 89.9 cm³/mol. The molecule has 132 valence electrons. The Hall–Kier alpha value is -3.48.